The molecule has 1 aromatic carbocycles. The molecule has 3 heteroatoms. The molecule has 2 unspecified atom stereocenters. The summed E-state index contributed by atoms with van der Waals surface area (Å²) in [5.41, 5.74) is 0.742. The summed E-state index contributed by atoms with van der Waals surface area (Å²) in [5, 5.41) is 0.666. The van der Waals surface area contributed by atoms with Gasteiger partial charge in [-0.3, -0.25) is 9.69 Å². The number of unbranched alkanes of at least 4 members (excludes halogenated alkanes) is 1. The summed E-state index contributed by atoms with van der Waals surface area (Å²) < 4.78 is 0. The smallest absolute Gasteiger partial charge is 0.179 e. The summed E-state index contributed by atoms with van der Waals surface area (Å²) in [6.45, 7) is 9.54. The molecule has 20 heavy (non-hydrogen) atoms. The number of carbonyl (C=O) groups excluding carboxylic acids is 1. The van der Waals surface area contributed by atoms with Gasteiger partial charge in [-0.05, 0) is 57.5 Å². The number of halogens is 1. The highest BCUT2D eigenvalue weighted by Gasteiger charge is 2.25. The first kappa shape index (κ1) is 17.2. The number of carbonyl (C=O) groups is 1. The second kappa shape index (κ2) is 8.43. The van der Waals surface area contributed by atoms with Crippen molar-refractivity contribution in [1.82, 2.24) is 4.90 Å². The van der Waals surface area contributed by atoms with Gasteiger partial charge in [0.25, 0.3) is 0 Å². The van der Waals surface area contributed by atoms with Crippen LogP contribution in [0.5, 0.6) is 0 Å². The Labute approximate surface area is 128 Å². The Bertz CT molecular complexity index is 416. The molecule has 112 valence electrons. The fourth-order valence-electron chi connectivity index (χ4n) is 2.38. The zero-order valence-electron chi connectivity index (χ0n) is 13.0. The van der Waals surface area contributed by atoms with Gasteiger partial charge in [-0.15, -0.1) is 0 Å². The minimum atomic E-state index is -0.0855. The van der Waals surface area contributed by atoms with Crippen LogP contribution in [0.4, 0.5) is 0 Å². The van der Waals surface area contributed by atoms with Crippen LogP contribution in [0.15, 0.2) is 24.3 Å². The van der Waals surface area contributed by atoms with Crippen molar-refractivity contribution in [3.05, 3.63) is 34.9 Å². The Morgan fingerprint density at radius 1 is 1.20 bits per heavy atom. The van der Waals surface area contributed by atoms with Crippen LogP contribution < -0.4 is 0 Å². The molecule has 0 bridgehead atoms. The SMILES string of the molecule is CCCCN(C(C)CC)C(C)C(=O)c1ccc(Cl)cc1. The fraction of sp³-hybridized carbons (Fsp3) is 0.588. The van der Waals surface area contributed by atoms with Gasteiger partial charge in [0, 0.05) is 16.6 Å². The number of hydrogen-bond acceptors (Lipinski definition) is 2. The minimum absolute atomic E-state index is 0.0855. The molecule has 0 spiro atoms. The van der Waals surface area contributed by atoms with E-state index in [2.05, 4.69) is 25.7 Å². The van der Waals surface area contributed by atoms with Crippen molar-refractivity contribution in [2.24, 2.45) is 0 Å². The molecule has 1 rings (SSSR count). The van der Waals surface area contributed by atoms with Crippen molar-refractivity contribution in [3.63, 3.8) is 0 Å². The lowest BCUT2D eigenvalue weighted by Crippen LogP contribution is -2.44. The Hall–Kier alpha value is -0.860. The molecule has 0 saturated heterocycles. The summed E-state index contributed by atoms with van der Waals surface area (Å²) in [5.74, 6) is 0.179. The quantitative estimate of drug-likeness (QED) is 0.641. The normalized spacial score (nSPS) is 14.3. The third kappa shape index (κ3) is 4.60. The number of nitrogens with zero attached hydrogens (tertiary/aromatic N) is 1. The zero-order chi connectivity index (χ0) is 15.1. The van der Waals surface area contributed by atoms with Gasteiger partial charge in [0.15, 0.2) is 5.78 Å². The molecular formula is C17H26ClNO. The monoisotopic (exact) mass is 295 g/mol. The molecule has 2 atom stereocenters. The molecule has 0 aliphatic carbocycles. The average molecular weight is 296 g/mol. The molecule has 2 nitrogen and oxygen atoms in total. The van der Waals surface area contributed by atoms with E-state index in [1.54, 1.807) is 12.1 Å². The van der Waals surface area contributed by atoms with Crippen molar-refractivity contribution in [1.29, 1.82) is 0 Å². The number of rotatable bonds is 8. The van der Waals surface area contributed by atoms with Gasteiger partial charge in [0.2, 0.25) is 0 Å². The van der Waals surface area contributed by atoms with Crippen LogP contribution in [0.2, 0.25) is 5.02 Å². The second-order valence-electron chi connectivity index (χ2n) is 5.40. The first-order valence-corrected chi connectivity index (χ1v) is 7.94. The highest BCUT2D eigenvalue weighted by molar-refractivity contribution is 6.30. The first-order valence-electron chi connectivity index (χ1n) is 7.56. The lowest BCUT2D eigenvalue weighted by atomic mass is 10.0. The topological polar surface area (TPSA) is 20.3 Å². The predicted molar refractivity (Wildman–Crippen MR) is 86.6 cm³/mol. The van der Waals surface area contributed by atoms with Crippen molar-refractivity contribution >= 4 is 17.4 Å². The van der Waals surface area contributed by atoms with Crippen LogP contribution in [0.25, 0.3) is 0 Å². The molecule has 0 aromatic heterocycles. The van der Waals surface area contributed by atoms with Gasteiger partial charge in [-0.25, -0.2) is 0 Å². The van der Waals surface area contributed by atoms with Crippen LogP contribution in [0.3, 0.4) is 0 Å². The van der Waals surface area contributed by atoms with E-state index in [1.165, 1.54) is 0 Å². The molecule has 0 fully saturated rings. The van der Waals surface area contributed by atoms with Crippen molar-refractivity contribution < 1.29 is 4.79 Å². The average Bonchev–Trinajstić information content (AvgIpc) is 2.47. The number of benzene rings is 1. The van der Waals surface area contributed by atoms with Crippen molar-refractivity contribution in [2.45, 2.75) is 59.0 Å². The lowest BCUT2D eigenvalue weighted by molar-refractivity contribution is 0.0766. The first-order chi connectivity index (χ1) is 9.51. The highest BCUT2D eigenvalue weighted by Crippen LogP contribution is 2.17. The van der Waals surface area contributed by atoms with E-state index in [0.29, 0.717) is 11.1 Å². The van der Waals surface area contributed by atoms with Crippen molar-refractivity contribution in [2.75, 3.05) is 6.54 Å². The maximum atomic E-state index is 12.6. The Kier molecular flexibility index (Phi) is 7.25. The van der Waals surface area contributed by atoms with Crippen LogP contribution in [0.1, 0.15) is 57.3 Å². The second-order valence-corrected chi connectivity index (χ2v) is 5.83. The molecule has 0 aliphatic heterocycles. The third-order valence-electron chi connectivity index (χ3n) is 3.93. The standard InChI is InChI=1S/C17H26ClNO/c1-5-7-12-19(13(3)6-2)14(4)17(20)15-8-10-16(18)11-9-15/h8-11,13-14H,5-7,12H2,1-4H3. The van der Waals surface area contributed by atoms with Gasteiger partial charge in [-0.1, -0.05) is 31.9 Å². The van der Waals surface area contributed by atoms with Gasteiger partial charge in [-0.2, -0.15) is 0 Å². The highest BCUT2D eigenvalue weighted by atomic mass is 35.5. The predicted octanol–water partition coefficient (Wildman–Crippen LogP) is 4.81. The van der Waals surface area contributed by atoms with E-state index >= 15 is 0 Å². The number of hydrogen-bond donors (Lipinski definition) is 0. The number of ketones is 1. The molecule has 0 radical (unpaired) electrons. The van der Waals surface area contributed by atoms with Crippen LogP contribution in [-0.2, 0) is 0 Å². The molecule has 0 saturated carbocycles. The van der Waals surface area contributed by atoms with Crippen molar-refractivity contribution in [3.8, 4) is 0 Å². The van der Waals surface area contributed by atoms with Gasteiger partial charge in [0.1, 0.15) is 0 Å². The maximum absolute atomic E-state index is 12.6. The fourth-order valence-corrected chi connectivity index (χ4v) is 2.50. The Morgan fingerprint density at radius 2 is 1.80 bits per heavy atom. The summed E-state index contributed by atoms with van der Waals surface area (Å²) in [6, 6.07) is 7.53. The zero-order valence-corrected chi connectivity index (χ0v) is 13.8. The van der Waals surface area contributed by atoms with Gasteiger partial charge >= 0.3 is 0 Å². The Balaban J connectivity index is 2.84. The number of Topliss-reactive ketones (excluding diaryl/α,β-unsaturated/α-hetero) is 1. The van der Waals surface area contributed by atoms with Crippen LogP contribution in [0, 0.1) is 0 Å². The molecule has 0 N–H and O–H groups in total. The molecule has 0 heterocycles. The maximum Gasteiger partial charge on any atom is 0.179 e. The molecule has 0 aliphatic rings. The minimum Gasteiger partial charge on any atom is -0.292 e. The summed E-state index contributed by atoms with van der Waals surface area (Å²) in [4.78, 5) is 14.9. The van der Waals surface area contributed by atoms with Crippen LogP contribution >= 0.6 is 11.6 Å². The van der Waals surface area contributed by atoms with E-state index in [0.717, 1.165) is 31.4 Å². The van der Waals surface area contributed by atoms with E-state index in [1.807, 2.05) is 19.1 Å². The largest absolute Gasteiger partial charge is 0.292 e. The van der Waals surface area contributed by atoms with E-state index in [4.69, 9.17) is 11.6 Å². The molecule has 1 aromatic rings. The van der Waals surface area contributed by atoms with E-state index in [9.17, 15) is 4.79 Å². The summed E-state index contributed by atoms with van der Waals surface area (Å²) in [6.07, 6.45) is 3.33. The van der Waals surface area contributed by atoms with Gasteiger partial charge in [0.05, 0.1) is 6.04 Å². The lowest BCUT2D eigenvalue weighted by Gasteiger charge is -2.33. The summed E-state index contributed by atoms with van der Waals surface area (Å²) in [7, 11) is 0. The van der Waals surface area contributed by atoms with E-state index in [-0.39, 0.29) is 11.8 Å². The molecular weight excluding hydrogens is 270 g/mol. The van der Waals surface area contributed by atoms with Gasteiger partial charge < -0.3 is 0 Å². The Morgan fingerprint density at radius 3 is 2.30 bits per heavy atom. The van der Waals surface area contributed by atoms with E-state index < -0.39 is 0 Å². The van der Waals surface area contributed by atoms with Crippen LogP contribution in [-0.4, -0.2) is 29.3 Å². The summed E-state index contributed by atoms with van der Waals surface area (Å²) >= 11 is 5.88. The third-order valence-corrected chi connectivity index (χ3v) is 4.18. The molecule has 0 amide bonds.